The lowest BCUT2D eigenvalue weighted by Gasteiger charge is -2.42. The van der Waals surface area contributed by atoms with Crippen molar-refractivity contribution in [3.8, 4) is 0 Å². The van der Waals surface area contributed by atoms with E-state index < -0.39 is 5.97 Å². The maximum atomic E-state index is 11.8. The normalized spacial score (nSPS) is 27.6. The van der Waals surface area contributed by atoms with Gasteiger partial charge in [0.05, 0.1) is 5.92 Å². The smallest absolute Gasteiger partial charge is 0.306 e. The van der Waals surface area contributed by atoms with E-state index in [2.05, 4.69) is 0 Å². The molecular weight excluding hydrogens is 210 g/mol. The van der Waals surface area contributed by atoms with Gasteiger partial charge in [-0.1, -0.05) is 6.92 Å². The Morgan fingerprint density at radius 2 is 2.12 bits per heavy atom. The molecule has 2 atom stereocenters. The Morgan fingerprint density at radius 3 is 2.62 bits per heavy atom. The molecular formula is C11H17NO4. The molecule has 0 aromatic rings. The third kappa shape index (κ3) is 2.04. The summed E-state index contributed by atoms with van der Waals surface area (Å²) in [5.41, 5.74) is 0. The van der Waals surface area contributed by atoms with Crippen molar-refractivity contribution in [1.82, 2.24) is 4.90 Å². The zero-order valence-electron chi connectivity index (χ0n) is 9.39. The van der Waals surface area contributed by atoms with E-state index in [4.69, 9.17) is 9.84 Å². The van der Waals surface area contributed by atoms with Crippen molar-refractivity contribution in [2.24, 2.45) is 11.8 Å². The Hall–Kier alpha value is -1.10. The van der Waals surface area contributed by atoms with Crippen LogP contribution < -0.4 is 0 Å². The molecule has 1 amide bonds. The van der Waals surface area contributed by atoms with Crippen LogP contribution >= 0.6 is 0 Å². The molecule has 0 aliphatic carbocycles. The number of ether oxygens (including phenoxy) is 1. The molecule has 1 N–H and O–H groups in total. The molecule has 1 unspecified atom stereocenters. The highest BCUT2D eigenvalue weighted by molar-refractivity contribution is 5.82. The van der Waals surface area contributed by atoms with Crippen LogP contribution in [0.25, 0.3) is 0 Å². The topological polar surface area (TPSA) is 66.8 Å². The molecule has 2 fully saturated rings. The largest absolute Gasteiger partial charge is 0.481 e. The van der Waals surface area contributed by atoms with E-state index in [0.29, 0.717) is 19.7 Å². The lowest BCUT2D eigenvalue weighted by atomic mass is 9.86. The van der Waals surface area contributed by atoms with Gasteiger partial charge in [-0.15, -0.1) is 0 Å². The minimum absolute atomic E-state index is 0.0336. The zero-order chi connectivity index (χ0) is 11.7. The Balaban J connectivity index is 1.79. The first-order valence-electron chi connectivity index (χ1n) is 5.73. The van der Waals surface area contributed by atoms with Gasteiger partial charge in [-0.05, 0) is 12.8 Å². The lowest BCUT2D eigenvalue weighted by molar-refractivity contribution is -0.155. The van der Waals surface area contributed by atoms with Crippen LogP contribution in [-0.4, -0.2) is 47.7 Å². The van der Waals surface area contributed by atoms with Crippen molar-refractivity contribution in [3.05, 3.63) is 0 Å². The molecule has 0 saturated carbocycles. The summed E-state index contributed by atoms with van der Waals surface area (Å²) < 4.78 is 5.31. The first-order valence-corrected chi connectivity index (χ1v) is 5.73. The molecule has 2 rings (SSSR count). The van der Waals surface area contributed by atoms with Gasteiger partial charge in [0.25, 0.3) is 5.91 Å². The maximum absolute atomic E-state index is 11.8. The predicted molar refractivity (Wildman–Crippen MR) is 55.8 cm³/mol. The molecule has 2 aliphatic rings. The van der Waals surface area contributed by atoms with Gasteiger partial charge in [-0.25, -0.2) is 0 Å². The van der Waals surface area contributed by atoms with Crippen LogP contribution in [0.5, 0.6) is 0 Å². The average molecular weight is 227 g/mol. The van der Waals surface area contributed by atoms with E-state index in [0.717, 1.165) is 12.8 Å². The molecule has 90 valence electrons. The highest BCUT2D eigenvalue weighted by Gasteiger charge is 2.40. The highest BCUT2D eigenvalue weighted by Crippen LogP contribution is 2.26. The van der Waals surface area contributed by atoms with Crippen LogP contribution in [0.4, 0.5) is 0 Å². The van der Waals surface area contributed by atoms with Crippen molar-refractivity contribution < 1.29 is 19.4 Å². The third-order valence-corrected chi connectivity index (χ3v) is 3.52. The SMILES string of the molecule is CC(C(=O)O)C1CN(C(=O)[C@H]2CCCO2)C1. The first kappa shape index (κ1) is 11.4. The van der Waals surface area contributed by atoms with Crippen molar-refractivity contribution in [2.45, 2.75) is 25.9 Å². The van der Waals surface area contributed by atoms with E-state index in [9.17, 15) is 9.59 Å². The lowest BCUT2D eigenvalue weighted by Crippen LogP contribution is -2.56. The van der Waals surface area contributed by atoms with Crippen LogP contribution in [0.3, 0.4) is 0 Å². The predicted octanol–water partition coefficient (Wildman–Crippen LogP) is 0.344. The number of carboxylic acids is 1. The summed E-state index contributed by atoms with van der Waals surface area (Å²) in [5.74, 6) is -1.02. The van der Waals surface area contributed by atoms with Gasteiger partial charge < -0.3 is 14.7 Å². The highest BCUT2D eigenvalue weighted by atomic mass is 16.5. The van der Waals surface area contributed by atoms with Crippen molar-refractivity contribution in [1.29, 1.82) is 0 Å². The second-order valence-electron chi connectivity index (χ2n) is 4.63. The van der Waals surface area contributed by atoms with Crippen LogP contribution in [0.15, 0.2) is 0 Å². The number of carbonyl (C=O) groups excluding carboxylic acids is 1. The Kier molecular flexibility index (Phi) is 3.14. The molecule has 0 radical (unpaired) electrons. The minimum Gasteiger partial charge on any atom is -0.481 e. The zero-order valence-corrected chi connectivity index (χ0v) is 9.39. The molecule has 5 heteroatoms. The molecule has 5 nitrogen and oxygen atoms in total. The first-order chi connectivity index (χ1) is 7.59. The van der Waals surface area contributed by atoms with Crippen LogP contribution in [-0.2, 0) is 14.3 Å². The number of rotatable bonds is 3. The summed E-state index contributed by atoms with van der Waals surface area (Å²) in [6.45, 7) is 3.48. The van der Waals surface area contributed by atoms with E-state index in [1.54, 1.807) is 11.8 Å². The van der Waals surface area contributed by atoms with Gasteiger partial charge in [-0.3, -0.25) is 9.59 Å². The molecule has 0 bridgehead atoms. The average Bonchev–Trinajstić information content (AvgIpc) is 2.67. The number of nitrogens with zero attached hydrogens (tertiary/aromatic N) is 1. The van der Waals surface area contributed by atoms with Crippen LogP contribution in [0.2, 0.25) is 0 Å². The molecule has 2 aliphatic heterocycles. The van der Waals surface area contributed by atoms with Gasteiger partial charge in [0.1, 0.15) is 6.10 Å². The van der Waals surface area contributed by atoms with Gasteiger partial charge >= 0.3 is 5.97 Å². The number of carbonyl (C=O) groups is 2. The summed E-state index contributed by atoms with van der Waals surface area (Å²) in [6, 6.07) is 0. The monoisotopic (exact) mass is 227 g/mol. The van der Waals surface area contributed by atoms with Crippen LogP contribution in [0, 0.1) is 11.8 Å². The number of hydrogen-bond acceptors (Lipinski definition) is 3. The van der Waals surface area contributed by atoms with E-state index in [-0.39, 0.29) is 23.8 Å². The molecule has 0 spiro atoms. The number of amides is 1. The second kappa shape index (κ2) is 4.41. The summed E-state index contributed by atoms with van der Waals surface area (Å²) >= 11 is 0. The third-order valence-electron chi connectivity index (χ3n) is 3.52. The van der Waals surface area contributed by atoms with Crippen molar-refractivity contribution >= 4 is 11.9 Å². The van der Waals surface area contributed by atoms with Gasteiger partial charge in [0.15, 0.2) is 0 Å². The van der Waals surface area contributed by atoms with Gasteiger partial charge in [0, 0.05) is 25.6 Å². The Morgan fingerprint density at radius 1 is 1.44 bits per heavy atom. The molecule has 2 saturated heterocycles. The summed E-state index contributed by atoms with van der Waals surface area (Å²) in [5, 5.41) is 8.83. The fourth-order valence-corrected chi connectivity index (χ4v) is 2.19. The second-order valence-corrected chi connectivity index (χ2v) is 4.63. The maximum Gasteiger partial charge on any atom is 0.306 e. The van der Waals surface area contributed by atoms with Gasteiger partial charge in [-0.2, -0.15) is 0 Å². The van der Waals surface area contributed by atoms with Gasteiger partial charge in [0.2, 0.25) is 0 Å². The van der Waals surface area contributed by atoms with Crippen LogP contribution in [0.1, 0.15) is 19.8 Å². The Labute approximate surface area is 94.4 Å². The fraction of sp³-hybridized carbons (Fsp3) is 0.818. The van der Waals surface area contributed by atoms with E-state index in [1.807, 2.05) is 0 Å². The molecule has 16 heavy (non-hydrogen) atoms. The fourth-order valence-electron chi connectivity index (χ4n) is 2.19. The summed E-state index contributed by atoms with van der Waals surface area (Å²) in [6.07, 6.45) is 1.47. The number of hydrogen-bond donors (Lipinski definition) is 1. The van der Waals surface area contributed by atoms with E-state index in [1.165, 1.54) is 0 Å². The number of aliphatic carboxylic acids is 1. The van der Waals surface area contributed by atoms with Crippen molar-refractivity contribution in [2.75, 3.05) is 19.7 Å². The Bertz CT molecular complexity index is 292. The number of carboxylic acid groups (broad SMARTS) is 1. The molecule has 0 aromatic carbocycles. The quantitative estimate of drug-likeness (QED) is 0.755. The minimum atomic E-state index is -0.783. The molecule has 2 heterocycles. The summed E-state index contributed by atoms with van der Waals surface area (Å²) in [7, 11) is 0. The van der Waals surface area contributed by atoms with E-state index >= 15 is 0 Å². The summed E-state index contributed by atoms with van der Waals surface area (Å²) in [4.78, 5) is 24.3. The molecule has 0 aromatic heterocycles. The number of likely N-dealkylation sites (tertiary alicyclic amines) is 1. The van der Waals surface area contributed by atoms with Crippen molar-refractivity contribution in [3.63, 3.8) is 0 Å². The standard InChI is InChI=1S/C11H17NO4/c1-7(11(14)15)8-5-12(6-8)10(13)9-3-2-4-16-9/h7-9H,2-6H2,1H3,(H,14,15)/t7?,9-/m1/s1.